The first-order valence-electron chi connectivity index (χ1n) is 5.66. The van der Waals surface area contributed by atoms with E-state index in [1.165, 1.54) is 4.57 Å². The summed E-state index contributed by atoms with van der Waals surface area (Å²) in [5, 5.41) is 0.125. The van der Waals surface area contributed by atoms with Gasteiger partial charge < -0.3 is 4.74 Å². The lowest BCUT2D eigenvalue weighted by Crippen LogP contribution is -2.37. The Hall–Kier alpha value is -1.07. The summed E-state index contributed by atoms with van der Waals surface area (Å²) in [6.45, 7) is 3.52. The lowest BCUT2D eigenvalue weighted by Gasteiger charge is -2.09. The van der Waals surface area contributed by atoms with E-state index < -0.39 is 5.69 Å². The van der Waals surface area contributed by atoms with Crippen molar-refractivity contribution < 1.29 is 4.74 Å². The van der Waals surface area contributed by atoms with Gasteiger partial charge in [0.15, 0.2) is 0 Å². The summed E-state index contributed by atoms with van der Waals surface area (Å²) < 4.78 is 6.46. The van der Waals surface area contributed by atoms with E-state index in [-0.39, 0.29) is 10.7 Å². The van der Waals surface area contributed by atoms with E-state index in [1.54, 1.807) is 6.92 Å². The highest BCUT2D eigenvalue weighted by molar-refractivity contribution is 6.30. The monoisotopic (exact) mass is 258 g/mol. The number of aromatic amines is 1. The minimum Gasteiger partial charge on any atom is -0.381 e. The van der Waals surface area contributed by atoms with E-state index in [4.69, 9.17) is 16.3 Å². The summed E-state index contributed by atoms with van der Waals surface area (Å²) >= 11 is 5.73. The molecular formula is C11H15ClN2O3. The quantitative estimate of drug-likeness (QED) is 0.821. The second-order valence-corrected chi connectivity index (χ2v) is 4.72. The number of nitrogens with one attached hydrogen (secondary N) is 1. The molecule has 1 atom stereocenters. The molecule has 5 nitrogen and oxygen atoms in total. The van der Waals surface area contributed by atoms with Crippen LogP contribution in [0.1, 0.15) is 18.4 Å². The Bertz CT molecular complexity index is 514. The summed E-state index contributed by atoms with van der Waals surface area (Å²) in [6, 6.07) is 0. The predicted octanol–water partition coefficient (Wildman–Crippen LogP) is 0.925. The normalized spacial score (nSPS) is 19.8. The molecule has 0 radical (unpaired) electrons. The average Bonchev–Trinajstić information content (AvgIpc) is 2.79. The molecule has 0 spiro atoms. The SMILES string of the molecule is Cc1c(Cl)[nH]c(=O)n(CCC2CCOC2)c1=O. The van der Waals surface area contributed by atoms with Crippen LogP contribution in [0, 0.1) is 12.8 Å². The van der Waals surface area contributed by atoms with Gasteiger partial charge in [-0.05, 0) is 25.7 Å². The fraction of sp³-hybridized carbons (Fsp3) is 0.636. The van der Waals surface area contributed by atoms with Gasteiger partial charge in [0.2, 0.25) is 0 Å². The molecule has 1 N–H and O–H groups in total. The molecular weight excluding hydrogens is 244 g/mol. The van der Waals surface area contributed by atoms with Crippen molar-refractivity contribution in [1.82, 2.24) is 9.55 Å². The summed E-state index contributed by atoms with van der Waals surface area (Å²) in [5.41, 5.74) is -0.365. The van der Waals surface area contributed by atoms with Crippen molar-refractivity contribution in [2.24, 2.45) is 5.92 Å². The van der Waals surface area contributed by atoms with Crippen LogP contribution in [0.5, 0.6) is 0 Å². The molecule has 2 rings (SSSR count). The lowest BCUT2D eigenvalue weighted by molar-refractivity contribution is 0.183. The maximum absolute atomic E-state index is 11.8. The Balaban J connectivity index is 2.18. The van der Waals surface area contributed by atoms with Crippen LogP contribution in [0.4, 0.5) is 0 Å². The maximum Gasteiger partial charge on any atom is 0.329 e. The summed E-state index contributed by atoms with van der Waals surface area (Å²) in [6.07, 6.45) is 1.78. The molecule has 0 amide bonds. The minimum atomic E-state index is -0.440. The van der Waals surface area contributed by atoms with Crippen LogP contribution in [0.25, 0.3) is 0 Å². The Kier molecular flexibility index (Phi) is 3.69. The van der Waals surface area contributed by atoms with Crippen LogP contribution < -0.4 is 11.2 Å². The highest BCUT2D eigenvalue weighted by Crippen LogP contribution is 2.16. The maximum atomic E-state index is 11.8. The van der Waals surface area contributed by atoms with Gasteiger partial charge >= 0.3 is 5.69 Å². The number of halogens is 1. The average molecular weight is 259 g/mol. The molecule has 17 heavy (non-hydrogen) atoms. The van der Waals surface area contributed by atoms with Crippen LogP contribution in [0.3, 0.4) is 0 Å². The molecule has 1 aliphatic rings. The number of hydrogen-bond acceptors (Lipinski definition) is 3. The fourth-order valence-electron chi connectivity index (χ4n) is 1.97. The highest BCUT2D eigenvalue weighted by atomic mass is 35.5. The molecule has 1 fully saturated rings. The van der Waals surface area contributed by atoms with Gasteiger partial charge in [-0.25, -0.2) is 4.79 Å². The first-order valence-corrected chi connectivity index (χ1v) is 6.04. The largest absolute Gasteiger partial charge is 0.381 e. The molecule has 0 aliphatic carbocycles. The zero-order valence-corrected chi connectivity index (χ0v) is 10.4. The van der Waals surface area contributed by atoms with Crippen molar-refractivity contribution in [3.8, 4) is 0 Å². The van der Waals surface area contributed by atoms with Crippen LogP contribution in [-0.2, 0) is 11.3 Å². The smallest absolute Gasteiger partial charge is 0.329 e. The second kappa shape index (κ2) is 5.06. The van der Waals surface area contributed by atoms with Gasteiger partial charge in [0.05, 0.1) is 0 Å². The molecule has 1 aliphatic heterocycles. The molecule has 0 bridgehead atoms. The van der Waals surface area contributed by atoms with Crippen molar-refractivity contribution in [3.05, 3.63) is 31.6 Å². The van der Waals surface area contributed by atoms with Gasteiger partial charge in [0.25, 0.3) is 5.56 Å². The van der Waals surface area contributed by atoms with Gasteiger partial charge in [-0.15, -0.1) is 0 Å². The third-order valence-electron chi connectivity index (χ3n) is 3.14. The fourth-order valence-corrected chi connectivity index (χ4v) is 2.13. The van der Waals surface area contributed by atoms with E-state index in [1.807, 2.05) is 0 Å². The molecule has 1 unspecified atom stereocenters. The number of ether oxygens (including phenoxy) is 1. The topological polar surface area (TPSA) is 64.1 Å². The van der Waals surface area contributed by atoms with Crippen LogP contribution in [0.15, 0.2) is 9.59 Å². The van der Waals surface area contributed by atoms with Crippen LogP contribution in [0.2, 0.25) is 5.15 Å². The predicted molar refractivity (Wildman–Crippen MR) is 64.6 cm³/mol. The van der Waals surface area contributed by atoms with E-state index >= 15 is 0 Å². The van der Waals surface area contributed by atoms with Crippen molar-refractivity contribution in [2.45, 2.75) is 26.3 Å². The van der Waals surface area contributed by atoms with Crippen LogP contribution in [-0.4, -0.2) is 22.8 Å². The molecule has 1 aromatic heterocycles. The zero-order chi connectivity index (χ0) is 12.4. The van der Waals surface area contributed by atoms with Crippen molar-refractivity contribution >= 4 is 11.6 Å². The van der Waals surface area contributed by atoms with E-state index in [0.29, 0.717) is 18.0 Å². The highest BCUT2D eigenvalue weighted by Gasteiger charge is 2.17. The Morgan fingerprint density at radius 2 is 2.29 bits per heavy atom. The number of H-pyrrole nitrogens is 1. The number of hydrogen-bond donors (Lipinski definition) is 1. The van der Waals surface area contributed by atoms with Crippen molar-refractivity contribution in [2.75, 3.05) is 13.2 Å². The van der Waals surface area contributed by atoms with Gasteiger partial charge in [0.1, 0.15) is 5.15 Å². The zero-order valence-electron chi connectivity index (χ0n) is 9.66. The van der Waals surface area contributed by atoms with Crippen molar-refractivity contribution in [3.63, 3.8) is 0 Å². The van der Waals surface area contributed by atoms with Gasteiger partial charge in [-0.3, -0.25) is 14.3 Å². The van der Waals surface area contributed by atoms with E-state index in [2.05, 4.69) is 4.98 Å². The second-order valence-electron chi connectivity index (χ2n) is 4.34. The molecule has 94 valence electrons. The molecule has 0 saturated carbocycles. The first-order chi connectivity index (χ1) is 8.09. The summed E-state index contributed by atoms with van der Waals surface area (Å²) in [4.78, 5) is 25.9. The third-order valence-corrected chi connectivity index (χ3v) is 3.52. The minimum absolute atomic E-state index is 0.125. The third kappa shape index (κ3) is 2.61. The Morgan fingerprint density at radius 3 is 2.94 bits per heavy atom. The first kappa shape index (κ1) is 12.4. The number of rotatable bonds is 3. The van der Waals surface area contributed by atoms with Gasteiger partial charge in [-0.1, -0.05) is 11.6 Å². The summed E-state index contributed by atoms with van der Waals surface area (Å²) in [5.74, 6) is 0.442. The van der Waals surface area contributed by atoms with E-state index in [9.17, 15) is 9.59 Å². The summed E-state index contributed by atoms with van der Waals surface area (Å²) in [7, 11) is 0. The molecule has 0 aromatic carbocycles. The van der Waals surface area contributed by atoms with Gasteiger partial charge in [0, 0.05) is 25.3 Å². The Morgan fingerprint density at radius 1 is 1.53 bits per heavy atom. The number of nitrogens with zero attached hydrogens (tertiary/aromatic N) is 1. The van der Waals surface area contributed by atoms with Gasteiger partial charge in [-0.2, -0.15) is 0 Å². The molecule has 1 aromatic rings. The number of aromatic nitrogens is 2. The standard InChI is InChI=1S/C11H15ClN2O3/c1-7-9(12)13-11(16)14(10(7)15)4-2-8-3-5-17-6-8/h8H,2-6H2,1H3,(H,13,16). The molecule has 6 heteroatoms. The molecule has 2 heterocycles. The van der Waals surface area contributed by atoms with Crippen LogP contribution >= 0.6 is 11.6 Å². The van der Waals surface area contributed by atoms with E-state index in [0.717, 1.165) is 26.1 Å². The lowest BCUT2D eigenvalue weighted by atomic mass is 10.1. The van der Waals surface area contributed by atoms with Crippen molar-refractivity contribution in [1.29, 1.82) is 0 Å². The Labute approximate surface area is 103 Å². The molecule has 1 saturated heterocycles.